The van der Waals surface area contributed by atoms with Crippen LogP contribution in [0.1, 0.15) is 30.9 Å². The van der Waals surface area contributed by atoms with Crippen LogP contribution in [0.25, 0.3) is 0 Å². The fourth-order valence-corrected chi connectivity index (χ4v) is 2.69. The van der Waals surface area contributed by atoms with E-state index in [2.05, 4.69) is 26.0 Å². The van der Waals surface area contributed by atoms with E-state index >= 15 is 0 Å². The van der Waals surface area contributed by atoms with Gasteiger partial charge in [-0.15, -0.1) is 12.4 Å². The molecule has 1 unspecified atom stereocenters. The third-order valence-corrected chi connectivity index (χ3v) is 4.27. The second-order valence-corrected chi connectivity index (χ2v) is 6.01. The van der Waals surface area contributed by atoms with Gasteiger partial charge in [-0.3, -0.25) is 4.79 Å². The molecule has 0 bridgehead atoms. The maximum atomic E-state index is 12.2. The summed E-state index contributed by atoms with van der Waals surface area (Å²) >= 11 is 0. The number of nitrogens with zero attached hydrogens (tertiary/aromatic N) is 1. The van der Waals surface area contributed by atoms with Gasteiger partial charge in [-0.05, 0) is 42.9 Å². The topological polar surface area (TPSA) is 46.3 Å². The Morgan fingerprint density at radius 2 is 2.10 bits per heavy atom. The number of amides is 1. The van der Waals surface area contributed by atoms with Gasteiger partial charge in [-0.2, -0.15) is 0 Å². The maximum Gasteiger partial charge on any atom is 0.222 e. The van der Waals surface area contributed by atoms with Crippen LogP contribution in [0.4, 0.5) is 0 Å². The van der Waals surface area contributed by atoms with Crippen molar-refractivity contribution in [2.24, 2.45) is 11.1 Å². The van der Waals surface area contributed by atoms with E-state index < -0.39 is 0 Å². The van der Waals surface area contributed by atoms with Crippen LogP contribution in [0, 0.1) is 12.3 Å². The minimum Gasteiger partial charge on any atom is -0.342 e. The minimum atomic E-state index is 0. The average molecular weight is 297 g/mol. The Bertz CT molecular complexity index is 464. The first-order valence-corrected chi connectivity index (χ1v) is 7.06. The van der Waals surface area contributed by atoms with Gasteiger partial charge in [0, 0.05) is 19.5 Å². The van der Waals surface area contributed by atoms with Gasteiger partial charge in [0.2, 0.25) is 5.91 Å². The van der Waals surface area contributed by atoms with E-state index in [9.17, 15) is 4.79 Å². The normalized spacial score (nSPS) is 21.6. The van der Waals surface area contributed by atoms with Gasteiger partial charge in [-0.1, -0.05) is 31.2 Å². The summed E-state index contributed by atoms with van der Waals surface area (Å²) in [6.07, 6.45) is 2.46. The van der Waals surface area contributed by atoms with Crippen LogP contribution in [0.3, 0.4) is 0 Å². The number of rotatable bonds is 4. The van der Waals surface area contributed by atoms with Crippen molar-refractivity contribution in [3.63, 3.8) is 0 Å². The lowest BCUT2D eigenvalue weighted by molar-refractivity contribution is -0.130. The van der Waals surface area contributed by atoms with Crippen molar-refractivity contribution in [1.29, 1.82) is 0 Å². The van der Waals surface area contributed by atoms with E-state index in [1.54, 1.807) is 0 Å². The van der Waals surface area contributed by atoms with Gasteiger partial charge in [0.15, 0.2) is 0 Å². The summed E-state index contributed by atoms with van der Waals surface area (Å²) in [4.78, 5) is 14.2. The van der Waals surface area contributed by atoms with E-state index in [0.29, 0.717) is 13.0 Å². The molecule has 4 heteroatoms. The zero-order valence-electron chi connectivity index (χ0n) is 12.4. The first kappa shape index (κ1) is 17.0. The number of halogens is 1. The van der Waals surface area contributed by atoms with Gasteiger partial charge in [-0.25, -0.2) is 0 Å². The van der Waals surface area contributed by atoms with Crippen LogP contribution in [-0.4, -0.2) is 30.4 Å². The number of likely N-dealkylation sites (tertiary alicyclic amines) is 1. The van der Waals surface area contributed by atoms with Crippen molar-refractivity contribution in [2.45, 2.75) is 33.1 Å². The van der Waals surface area contributed by atoms with Gasteiger partial charge < -0.3 is 10.6 Å². The molecule has 0 radical (unpaired) electrons. The number of aryl methyl sites for hydroxylation is 2. The highest BCUT2D eigenvalue weighted by molar-refractivity contribution is 5.85. The number of hydrogen-bond acceptors (Lipinski definition) is 2. The SMILES string of the molecule is Cc1ccccc1CCC(=O)N1CCC(C)(CN)C1.Cl. The van der Waals surface area contributed by atoms with Crippen LogP contribution in [-0.2, 0) is 11.2 Å². The lowest BCUT2D eigenvalue weighted by Gasteiger charge is -2.22. The molecule has 1 amide bonds. The van der Waals surface area contributed by atoms with Gasteiger partial charge in [0.25, 0.3) is 0 Å². The summed E-state index contributed by atoms with van der Waals surface area (Å²) in [6.45, 7) is 6.60. The van der Waals surface area contributed by atoms with E-state index in [-0.39, 0.29) is 23.7 Å². The molecule has 1 fully saturated rings. The lowest BCUT2D eigenvalue weighted by Crippen LogP contribution is -2.34. The maximum absolute atomic E-state index is 12.2. The fraction of sp³-hybridized carbons (Fsp3) is 0.562. The third kappa shape index (κ3) is 3.97. The molecule has 1 aliphatic heterocycles. The Hall–Kier alpha value is -1.06. The first-order valence-electron chi connectivity index (χ1n) is 7.06. The molecule has 112 valence electrons. The zero-order valence-corrected chi connectivity index (χ0v) is 13.2. The number of carbonyl (C=O) groups excluding carboxylic acids is 1. The predicted octanol–water partition coefficient (Wildman–Crippen LogP) is 2.55. The van der Waals surface area contributed by atoms with Crippen molar-refractivity contribution in [2.75, 3.05) is 19.6 Å². The smallest absolute Gasteiger partial charge is 0.222 e. The number of carbonyl (C=O) groups is 1. The summed E-state index contributed by atoms with van der Waals surface area (Å²) in [5.74, 6) is 0.264. The van der Waals surface area contributed by atoms with Gasteiger partial charge >= 0.3 is 0 Å². The largest absolute Gasteiger partial charge is 0.342 e. The Morgan fingerprint density at radius 1 is 1.40 bits per heavy atom. The number of benzene rings is 1. The third-order valence-electron chi connectivity index (χ3n) is 4.27. The van der Waals surface area contributed by atoms with Crippen LogP contribution in [0.15, 0.2) is 24.3 Å². The van der Waals surface area contributed by atoms with E-state index in [1.165, 1.54) is 11.1 Å². The van der Waals surface area contributed by atoms with Crippen molar-refractivity contribution in [1.82, 2.24) is 4.90 Å². The highest BCUT2D eigenvalue weighted by Gasteiger charge is 2.34. The van der Waals surface area contributed by atoms with Crippen molar-refractivity contribution >= 4 is 18.3 Å². The molecule has 0 aliphatic carbocycles. The highest BCUT2D eigenvalue weighted by Crippen LogP contribution is 2.28. The molecule has 0 aromatic heterocycles. The molecule has 1 saturated heterocycles. The zero-order chi connectivity index (χ0) is 13.9. The average Bonchev–Trinajstić information content (AvgIpc) is 2.81. The molecule has 1 atom stereocenters. The minimum absolute atomic E-state index is 0. The van der Waals surface area contributed by atoms with Gasteiger partial charge in [0.1, 0.15) is 0 Å². The lowest BCUT2D eigenvalue weighted by atomic mass is 9.90. The van der Waals surface area contributed by atoms with Crippen LogP contribution < -0.4 is 5.73 Å². The van der Waals surface area contributed by atoms with Crippen LogP contribution in [0.2, 0.25) is 0 Å². The quantitative estimate of drug-likeness (QED) is 0.928. The number of hydrogen-bond donors (Lipinski definition) is 1. The van der Waals surface area contributed by atoms with E-state index in [4.69, 9.17) is 5.73 Å². The standard InChI is InChI=1S/C16H24N2O.ClH/c1-13-5-3-4-6-14(13)7-8-15(19)18-10-9-16(2,11-17)12-18;/h3-6H,7-12,17H2,1-2H3;1H. The Kier molecular flexibility index (Phi) is 6.03. The Balaban J connectivity index is 0.00000200. The molecule has 1 aliphatic rings. The predicted molar refractivity (Wildman–Crippen MR) is 85.1 cm³/mol. The molecule has 2 N–H and O–H groups in total. The van der Waals surface area contributed by atoms with Gasteiger partial charge in [0.05, 0.1) is 0 Å². The Morgan fingerprint density at radius 3 is 2.70 bits per heavy atom. The van der Waals surface area contributed by atoms with Crippen LogP contribution >= 0.6 is 12.4 Å². The van der Waals surface area contributed by atoms with Crippen molar-refractivity contribution in [3.05, 3.63) is 35.4 Å². The van der Waals surface area contributed by atoms with E-state index in [0.717, 1.165) is 25.9 Å². The molecule has 1 aromatic rings. The molecule has 0 saturated carbocycles. The van der Waals surface area contributed by atoms with Crippen molar-refractivity contribution < 1.29 is 4.79 Å². The second kappa shape index (κ2) is 7.09. The highest BCUT2D eigenvalue weighted by atomic mass is 35.5. The Labute approximate surface area is 127 Å². The molecule has 3 nitrogen and oxygen atoms in total. The molecule has 0 spiro atoms. The summed E-state index contributed by atoms with van der Waals surface area (Å²) < 4.78 is 0. The summed E-state index contributed by atoms with van der Waals surface area (Å²) in [6, 6.07) is 8.28. The summed E-state index contributed by atoms with van der Waals surface area (Å²) in [5, 5.41) is 0. The monoisotopic (exact) mass is 296 g/mol. The molecular weight excluding hydrogens is 272 g/mol. The second-order valence-electron chi connectivity index (χ2n) is 6.01. The number of nitrogens with two attached hydrogens (primary N) is 1. The summed E-state index contributed by atoms with van der Waals surface area (Å²) in [7, 11) is 0. The molecule has 1 heterocycles. The molecule has 2 rings (SSSR count). The molecule has 20 heavy (non-hydrogen) atoms. The molecule has 1 aromatic carbocycles. The van der Waals surface area contributed by atoms with Crippen LogP contribution in [0.5, 0.6) is 0 Å². The summed E-state index contributed by atoms with van der Waals surface area (Å²) in [5.41, 5.74) is 8.44. The first-order chi connectivity index (χ1) is 9.04. The van der Waals surface area contributed by atoms with Crippen molar-refractivity contribution in [3.8, 4) is 0 Å². The molecular formula is C16H25ClN2O. The van der Waals surface area contributed by atoms with E-state index in [1.807, 2.05) is 17.0 Å². The fourth-order valence-electron chi connectivity index (χ4n) is 2.69.